The van der Waals surface area contributed by atoms with E-state index in [-0.39, 0.29) is 17.2 Å². The molecule has 1 aromatic carbocycles. The van der Waals surface area contributed by atoms with E-state index in [0.717, 1.165) is 0 Å². The summed E-state index contributed by atoms with van der Waals surface area (Å²) in [6, 6.07) is 1.73. The summed E-state index contributed by atoms with van der Waals surface area (Å²) in [6.45, 7) is 3.07. The lowest BCUT2D eigenvalue weighted by molar-refractivity contribution is 0.0906. The van der Waals surface area contributed by atoms with Crippen molar-refractivity contribution in [3.63, 3.8) is 0 Å². The molecule has 1 atom stereocenters. The summed E-state index contributed by atoms with van der Waals surface area (Å²) >= 11 is 0. The summed E-state index contributed by atoms with van der Waals surface area (Å²) in [7, 11) is 0. The first kappa shape index (κ1) is 17.0. The van der Waals surface area contributed by atoms with E-state index in [1.54, 1.807) is 0 Å². The van der Waals surface area contributed by atoms with Crippen molar-refractivity contribution in [2.45, 2.75) is 25.8 Å². The molecule has 2 aromatic rings. The van der Waals surface area contributed by atoms with Gasteiger partial charge in [0.15, 0.2) is 23.1 Å². The number of rotatable bonds is 5. The smallest absolute Gasteiger partial charge is 0.274 e. The van der Waals surface area contributed by atoms with E-state index in [2.05, 4.69) is 10.5 Å². The number of nitrogens with zero attached hydrogens (tertiary/aromatic N) is 1. The number of aromatic nitrogens is 1. The Bertz CT molecular complexity index is 693. The van der Waals surface area contributed by atoms with Crippen LogP contribution in [-0.4, -0.2) is 22.8 Å². The quantitative estimate of drug-likeness (QED) is 0.828. The Labute approximate surface area is 130 Å². The molecule has 0 spiro atoms. The lowest BCUT2D eigenvalue weighted by Crippen LogP contribution is -2.31. The van der Waals surface area contributed by atoms with Crippen molar-refractivity contribution in [2.24, 2.45) is 0 Å². The molecule has 0 fully saturated rings. The summed E-state index contributed by atoms with van der Waals surface area (Å²) in [5.41, 5.74) is -0.139. The van der Waals surface area contributed by atoms with Crippen LogP contribution in [0, 0.1) is 17.5 Å². The van der Waals surface area contributed by atoms with E-state index >= 15 is 0 Å². The SMILES string of the molecule is CC(C)c1cc(C(=O)NC(CO)c2cc(F)c(F)c(F)c2)no1. The third-order valence-electron chi connectivity index (χ3n) is 3.23. The highest BCUT2D eigenvalue weighted by Crippen LogP contribution is 2.20. The number of benzene rings is 1. The molecule has 0 aliphatic carbocycles. The molecule has 0 aliphatic rings. The number of carbonyl (C=O) groups is 1. The zero-order valence-electron chi connectivity index (χ0n) is 12.4. The maximum absolute atomic E-state index is 13.3. The van der Waals surface area contributed by atoms with Crippen LogP contribution < -0.4 is 5.32 Å². The van der Waals surface area contributed by atoms with Gasteiger partial charge in [0.25, 0.3) is 5.91 Å². The van der Waals surface area contributed by atoms with Crippen LogP contribution in [0.4, 0.5) is 13.2 Å². The second kappa shape index (κ2) is 6.82. The summed E-state index contributed by atoms with van der Waals surface area (Å²) in [5.74, 6) is -4.60. The maximum Gasteiger partial charge on any atom is 0.274 e. The fourth-order valence-electron chi connectivity index (χ4n) is 1.91. The number of nitrogens with one attached hydrogen (secondary N) is 1. The summed E-state index contributed by atoms with van der Waals surface area (Å²) in [6.07, 6.45) is 0. The van der Waals surface area contributed by atoms with E-state index in [1.807, 2.05) is 13.8 Å². The van der Waals surface area contributed by atoms with Crippen molar-refractivity contribution in [3.05, 3.63) is 52.7 Å². The molecule has 0 radical (unpaired) electrons. The molecule has 124 valence electrons. The summed E-state index contributed by atoms with van der Waals surface area (Å²) in [5, 5.41) is 15.3. The Hall–Kier alpha value is -2.35. The molecule has 1 unspecified atom stereocenters. The van der Waals surface area contributed by atoms with Crippen LogP contribution in [-0.2, 0) is 0 Å². The molecular formula is C15H15F3N2O3. The standard InChI is InChI=1S/C15H15F3N2O3/c1-7(2)13-5-11(20-23-13)15(22)19-12(6-21)8-3-9(16)14(18)10(17)4-8/h3-5,7,12,21H,6H2,1-2H3,(H,19,22). The van der Waals surface area contributed by atoms with Crippen LogP contribution in [0.15, 0.2) is 22.7 Å². The molecule has 23 heavy (non-hydrogen) atoms. The van der Waals surface area contributed by atoms with Gasteiger partial charge in [-0.3, -0.25) is 4.79 Å². The molecule has 0 saturated heterocycles. The minimum atomic E-state index is -1.62. The van der Waals surface area contributed by atoms with E-state index in [4.69, 9.17) is 4.52 Å². The Morgan fingerprint density at radius 2 is 1.87 bits per heavy atom. The number of hydrogen-bond donors (Lipinski definition) is 2. The Morgan fingerprint density at radius 3 is 2.35 bits per heavy atom. The highest BCUT2D eigenvalue weighted by atomic mass is 19.2. The van der Waals surface area contributed by atoms with Crippen LogP contribution in [0.1, 0.15) is 47.6 Å². The van der Waals surface area contributed by atoms with Gasteiger partial charge in [-0.05, 0) is 17.7 Å². The second-order valence-corrected chi connectivity index (χ2v) is 5.28. The van der Waals surface area contributed by atoms with Crippen LogP contribution in [0.5, 0.6) is 0 Å². The number of aliphatic hydroxyl groups is 1. The van der Waals surface area contributed by atoms with Gasteiger partial charge in [0.05, 0.1) is 12.6 Å². The fourth-order valence-corrected chi connectivity index (χ4v) is 1.91. The average Bonchev–Trinajstić information content (AvgIpc) is 2.99. The fraction of sp³-hybridized carbons (Fsp3) is 0.333. The van der Waals surface area contributed by atoms with Gasteiger partial charge in [-0.2, -0.15) is 0 Å². The third kappa shape index (κ3) is 3.70. The monoisotopic (exact) mass is 328 g/mol. The second-order valence-electron chi connectivity index (χ2n) is 5.28. The highest BCUT2D eigenvalue weighted by molar-refractivity contribution is 5.92. The highest BCUT2D eigenvalue weighted by Gasteiger charge is 2.21. The first-order valence-electron chi connectivity index (χ1n) is 6.86. The Kier molecular flexibility index (Phi) is 5.05. The molecule has 0 bridgehead atoms. The lowest BCUT2D eigenvalue weighted by Gasteiger charge is -2.16. The van der Waals surface area contributed by atoms with E-state index in [0.29, 0.717) is 17.9 Å². The summed E-state index contributed by atoms with van der Waals surface area (Å²) < 4.78 is 44.4. The van der Waals surface area contributed by atoms with Crippen LogP contribution in [0.2, 0.25) is 0 Å². The zero-order chi connectivity index (χ0) is 17.1. The van der Waals surface area contributed by atoms with Gasteiger partial charge in [-0.15, -0.1) is 0 Å². The molecule has 0 saturated carbocycles. The van der Waals surface area contributed by atoms with Gasteiger partial charge in [0.2, 0.25) is 0 Å². The predicted molar refractivity (Wildman–Crippen MR) is 74.2 cm³/mol. The number of hydrogen-bond acceptors (Lipinski definition) is 4. The number of amides is 1. The van der Waals surface area contributed by atoms with Gasteiger partial charge in [-0.25, -0.2) is 13.2 Å². The van der Waals surface area contributed by atoms with Crippen molar-refractivity contribution in [2.75, 3.05) is 6.61 Å². The van der Waals surface area contributed by atoms with Gasteiger partial charge in [0.1, 0.15) is 5.76 Å². The molecule has 1 heterocycles. The Balaban J connectivity index is 2.20. The van der Waals surface area contributed by atoms with Crippen molar-refractivity contribution in [1.29, 1.82) is 0 Å². The van der Waals surface area contributed by atoms with Crippen molar-refractivity contribution in [1.82, 2.24) is 10.5 Å². The van der Waals surface area contributed by atoms with Crippen molar-refractivity contribution >= 4 is 5.91 Å². The van der Waals surface area contributed by atoms with Crippen LogP contribution >= 0.6 is 0 Å². The number of carbonyl (C=O) groups excluding carboxylic acids is 1. The number of halogens is 3. The Morgan fingerprint density at radius 1 is 1.26 bits per heavy atom. The van der Waals surface area contributed by atoms with Crippen LogP contribution in [0.25, 0.3) is 0 Å². The molecule has 0 aliphatic heterocycles. The molecule has 2 rings (SSSR count). The molecule has 5 nitrogen and oxygen atoms in total. The van der Waals surface area contributed by atoms with E-state index in [1.165, 1.54) is 6.07 Å². The topological polar surface area (TPSA) is 75.4 Å². The third-order valence-corrected chi connectivity index (χ3v) is 3.23. The minimum absolute atomic E-state index is 0.0259. The largest absolute Gasteiger partial charge is 0.394 e. The van der Waals surface area contributed by atoms with Crippen molar-refractivity contribution in [3.8, 4) is 0 Å². The predicted octanol–water partition coefficient (Wildman–Crippen LogP) is 2.68. The van der Waals surface area contributed by atoms with E-state index < -0.39 is 36.0 Å². The molecule has 2 N–H and O–H groups in total. The maximum atomic E-state index is 13.3. The van der Waals surface area contributed by atoms with Crippen molar-refractivity contribution < 1.29 is 27.6 Å². The molecule has 8 heteroatoms. The van der Waals surface area contributed by atoms with Gasteiger partial charge in [0, 0.05) is 12.0 Å². The first-order chi connectivity index (χ1) is 10.8. The lowest BCUT2D eigenvalue weighted by atomic mass is 10.1. The first-order valence-corrected chi connectivity index (χ1v) is 6.86. The van der Waals surface area contributed by atoms with Gasteiger partial charge in [-0.1, -0.05) is 19.0 Å². The zero-order valence-corrected chi connectivity index (χ0v) is 12.4. The summed E-state index contributed by atoms with van der Waals surface area (Å²) in [4.78, 5) is 12.1. The van der Waals surface area contributed by atoms with Crippen LogP contribution in [0.3, 0.4) is 0 Å². The molecule has 1 aromatic heterocycles. The number of aliphatic hydroxyl groups excluding tert-OH is 1. The van der Waals surface area contributed by atoms with E-state index in [9.17, 15) is 23.1 Å². The average molecular weight is 328 g/mol. The van der Waals surface area contributed by atoms with Gasteiger partial charge >= 0.3 is 0 Å². The van der Waals surface area contributed by atoms with Gasteiger partial charge < -0.3 is 14.9 Å². The molecule has 1 amide bonds. The molecular weight excluding hydrogens is 313 g/mol. The normalized spacial score (nSPS) is 12.5. The minimum Gasteiger partial charge on any atom is -0.394 e.